The molecular weight excluding hydrogens is 339 g/mol. The summed E-state index contributed by atoms with van der Waals surface area (Å²) in [7, 11) is 1.52. The minimum absolute atomic E-state index is 0.0917. The number of carbonyl (C=O) groups excluding carboxylic acids is 1. The zero-order chi connectivity index (χ0) is 18.0. The number of para-hydroxylation sites is 1. The Morgan fingerprint density at radius 2 is 2.16 bits per heavy atom. The van der Waals surface area contributed by atoms with Crippen molar-refractivity contribution in [1.82, 2.24) is 15.1 Å². The molecule has 1 N–H and O–H groups in total. The van der Waals surface area contributed by atoms with E-state index >= 15 is 0 Å². The van der Waals surface area contributed by atoms with Gasteiger partial charge in [-0.15, -0.1) is 0 Å². The van der Waals surface area contributed by atoms with Gasteiger partial charge in [-0.05, 0) is 18.2 Å². The maximum absolute atomic E-state index is 12.8. The first-order chi connectivity index (χ1) is 11.9. The van der Waals surface area contributed by atoms with Crippen molar-refractivity contribution in [2.24, 2.45) is 0 Å². The normalized spacial score (nSPS) is 18.2. The molecule has 2 aromatic rings. The summed E-state index contributed by atoms with van der Waals surface area (Å²) < 4.78 is 48.3. The van der Waals surface area contributed by atoms with E-state index in [2.05, 4.69) is 10.2 Å². The van der Waals surface area contributed by atoms with Crippen LogP contribution in [0.2, 0.25) is 0 Å². The molecule has 0 aliphatic carbocycles. The van der Waals surface area contributed by atoms with Crippen molar-refractivity contribution in [3.05, 3.63) is 36.0 Å². The van der Waals surface area contributed by atoms with E-state index in [-0.39, 0.29) is 18.8 Å². The first kappa shape index (κ1) is 17.3. The Bertz CT molecular complexity index is 760. The van der Waals surface area contributed by atoms with Gasteiger partial charge in [0.25, 0.3) is 5.91 Å². The van der Waals surface area contributed by atoms with Gasteiger partial charge in [0.05, 0.1) is 26.0 Å². The molecule has 0 spiro atoms. The molecular formula is C16H16F3N3O3. The highest BCUT2D eigenvalue weighted by Crippen LogP contribution is 2.29. The number of nitrogens with one attached hydrogen (secondary N) is 1. The third-order valence-corrected chi connectivity index (χ3v) is 3.91. The van der Waals surface area contributed by atoms with Crippen molar-refractivity contribution in [2.45, 2.75) is 12.3 Å². The SMILES string of the molecule is COc1ccccc1-c1cc(C(=O)N2CCO[C@H](C(F)(F)F)C2)[nH]n1. The number of halogens is 3. The second kappa shape index (κ2) is 6.75. The molecule has 1 fully saturated rings. The van der Waals surface area contributed by atoms with Crippen LogP contribution in [-0.4, -0.2) is 60.1 Å². The molecule has 1 saturated heterocycles. The van der Waals surface area contributed by atoms with Crippen LogP contribution in [0.1, 0.15) is 10.5 Å². The maximum Gasteiger partial charge on any atom is 0.416 e. The zero-order valence-corrected chi connectivity index (χ0v) is 13.3. The van der Waals surface area contributed by atoms with Crippen molar-refractivity contribution >= 4 is 5.91 Å². The molecule has 1 aliphatic heterocycles. The molecule has 134 valence electrons. The van der Waals surface area contributed by atoms with Crippen LogP contribution < -0.4 is 4.74 Å². The number of hydrogen-bond donors (Lipinski definition) is 1. The Labute approximate surface area is 141 Å². The Kier molecular flexibility index (Phi) is 4.67. The van der Waals surface area contributed by atoms with Crippen molar-refractivity contribution in [3.63, 3.8) is 0 Å². The molecule has 0 unspecified atom stereocenters. The lowest BCUT2D eigenvalue weighted by molar-refractivity contribution is -0.233. The van der Waals surface area contributed by atoms with Crippen molar-refractivity contribution < 1.29 is 27.4 Å². The lowest BCUT2D eigenvalue weighted by Crippen LogP contribution is -2.51. The Hall–Kier alpha value is -2.55. The fourth-order valence-corrected chi connectivity index (χ4v) is 2.63. The van der Waals surface area contributed by atoms with Crippen LogP contribution in [0, 0.1) is 0 Å². The first-order valence-corrected chi connectivity index (χ1v) is 7.56. The van der Waals surface area contributed by atoms with Crippen LogP contribution in [0.15, 0.2) is 30.3 Å². The third-order valence-electron chi connectivity index (χ3n) is 3.91. The van der Waals surface area contributed by atoms with Gasteiger partial charge in [0.1, 0.15) is 11.4 Å². The molecule has 0 saturated carbocycles. The molecule has 1 amide bonds. The molecule has 0 radical (unpaired) electrons. The lowest BCUT2D eigenvalue weighted by Gasteiger charge is -2.33. The standard InChI is InChI=1S/C16H16F3N3O3/c1-24-13-5-3-2-4-10(13)11-8-12(21-20-11)15(23)22-6-7-25-14(9-22)16(17,18)19/h2-5,8,14H,6-7,9H2,1H3,(H,20,21)/t14-/m0/s1. The number of methoxy groups -OCH3 is 1. The summed E-state index contributed by atoms with van der Waals surface area (Å²) >= 11 is 0. The van der Waals surface area contributed by atoms with Gasteiger partial charge >= 0.3 is 6.18 Å². The summed E-state index contributed by atoms with van der Waals surface area (Å²) in [6.07, 6.45) is -6.48. The molecule has 1 aromatic heterocycles. The highest BCUT2D eigenvalue weighted by atomic mass is 19.4. The molecule has 1 aliphatic rings. The summed E-state index contributed by atoms with van der Waals surface area (Å²) in [5, 5.41) is 6.66. The fourth-order valence-electron chi connectivity index (χ4n) is 2.63. The van der Waals surface area contributed by atoms with Crippen molar-refractivity contribution in [3.8, 4) is 17.0 Å². The first-order valence-electron chi connectivity index (χ1n) is 7.56. The lowest BCUT2D eigenvalue weighted by atomic mass is 10.1. The number of aromatic amines is 1. The second-order valence-electron chi connectivity index (χ2n) is 5.52. The third kappa shape index (κ3) is 3.60. The van der Waals surface area contributed by atoms with Crippen LogP contribution in [0.4, 0.5) is 13.2 Å². The fraction of sp³-hybridized carbons (Fsp3) is 0.375. The van der Waals surface area contributed by atoms with Crippen molar-refractivity contribution in [2.75, 3.05) is 26.8 Å². The summed E-state index contributed by atoms with van der Waals surface area (Å²) in [4.78, 5) is 13.6. The number of nitrogens with zero attached hydrogens (tertiary/aromatic N) is 2. The van der Waals surface area contributed by atoms with Crippen LogP contribution in [0.5, 0.6) is 5.75 Å². The number of rotatable bonds is 3. The molecule has 25 heavy (non-hydrogen) atoms. The predicted molar refractivity (Wildman–Crippen MR) is 82.3 cm³/mol. The minimum atomic E-state index is -4.50. The predicted octanol–water partition coefficient (Wildman–Crippen LogP) is 2.49. The highest BCUT2D eigenvalue weighted by Gasteiger charge is 2.44. The molecule has 9 heteroatoms. The number of alkyl halides is 3. The molecule has 1 atom stereocenters. The highest BCUT2D eigenvalue weighted by molar-refractivity contribution is 5.93. The summed E-state index contributed by atoms with van der Waals surface area (Å²) in [5.74, 6) is 0.0303. The van der Waals surface area contributed by atoms with Gasteiger partial charge in [-0.2, -0.15) is 18.3 Å². The van der Waals surface area contributed by atoms with Gasteiger partial charge in [-0.25, -0.2) is 0 Å². The number of hydrogen-bond acceptors (Lipinski definition) is 4. The zero-order valence-electron chi connectivity index (χ0n) is 13.3. The monoisotopic (exact) mass is 355 g/mol. The number of ether oxygens (including phenoxy) is 2. The maximum atomic E-state index is 12.8. The Balaban J connectivity index is 1.79. The number of amides is 1. The van der Waals surface area contributed by atoms with E-state index in [1.54, 1.807) is 24.3 Å². The smallest absolute Gasteiger partial charge is 0.416 e. The van der Waals surface area contributed by atoms with Gasteiger partial charge in [0.15, 0.2) is 6.10 Å². The largest absolute Gasteiger partial charge is 0.496 e. The van der Waals surface area contributed by atoms with Crippen LogP contribution in [0.25, 0.3) is 11.3 Å². The number of morpholine rings is 1. The number of carbonyl (C=O) groups is 1. The van der Waals surface area contributed by atoms with Crippen molar-refractivity contribution in [1.29, 1.82) is 0 Å². The number of benzene rings is 1. The summed E-state index contributed by atoms with van der Waals surface area (Å²) in [5.41, 5.74) is 1.26. The van der Waals surface area contributed by atoms with Gasteiger partial charge in [-0.3, -0.25) is 9.89 Å². The average Bonchev–Trinajstić information content (AvgIpc) is 3.10. The molecule has 2 heterocycles. The molecule has 0 bridgehead atoms. The van der Waals surface area contributed by atoms with E-state index in [1.807, 2.05) is 0 Å². The van der Waals surface area contributed by atoms with Gasteiger partial charge in [0.2, 0.25) is 0 Å². The Morgan fingerprint density at radius 1 is 1.40 bits per heavy atom. The average molecular weight is 355 g/mol. The number of H-pyrrole nitrogens is 1. The number of aromatic nitrogens is 2. The van der Waals surface area contributed by atoms with E-state index in [1.165, 1.54) is 13.2 Å². The minimum Gasteiger partial charge on any atom is -0.496 e. The molecule has 3 rings (SSSR count). The van der Waals surface area contributed by atoms with Gasteiger partial charge in [-0.1, -0.05) is 12.1 Å². The van der Waals surface area contributed by atoms with Crippen LogP contribution >= 0.6 is 0 Å². The van der Waals surface area contributed by atoms with Crippen LogP contribution in [-0.2, 0) is 4.74 Å². The Morgan fingerprint density at radius 3 is 2.88 bits per heavy atom. The van der Waals surface area contributed by atoms with Gasteiger partial charge in [0, 0.05) is 12.1 Å². The molecule has 1 aromatic carbocycles. The summed E-state index contributed by atoms with van der Waals surface area (Å²) in [6.45, 7) is -0.608. The van der Waals surface area contributed by atoms with E-state index < -0.39 is 24.7 Å². The topological polar surface area (TPSA) is 67.4 Å². The van der Waals surface area contributed by atoms with E-state index in [0.717, 1.165) is 4.90 Å². The second-order valence-corrected chi connectivity index (χ2v) is 5.52. The quantitative estimate of drug-likeness (QED) is 0.919. The van der Waals surface area contributed by atoms with E-state index in [9.17, 15) is 18.0 Å². The molecule has 6 nitrogen and oxygen atoms in total. The van der Waals surface area contributed by atoms with E-state index in [4.69, 9.17) is 9.47 Å². The summed E-state index contributed by atoms with van der Waals surface area (Å²) in [6, 6.07) is 8.62. The van der Waals surface area contributed by atoms with E-state index in [0.29, 0.717) is 17.0 Å². The van der Waals surface area contributed by atoms with Gasteiger partial charge < -0.3 is 14.4 Å². The van der Waals surface area contributed by atoms with Crippen LogP contribution in [0.3, 0.4) is 0 Å².